The maximum absolute atomic E-state index is 15.6. The number of benzene rings is 2. The van der Waals surface area contributed by atoms with Crippen LogP contribution in [-0.4, -0.2) is 26.3 Å². The molecule has 2 aromatic rings. The first-order valence-electron chi connectivity index (χ1n) is 23.4. The summed E-state index contributed by atoms with van der Waals surface area (Å²) in [6.07, 6.45) is 37.2. The molecule has 326 valence electrons. The first-order valence-corrected chi connectivity index (χ1v) is 26.2. The average Bonchev–Trinajstić information content (AvgIpc) is 4.02. The van der Waals surface area contributed by atoms with Crippen LogP contribution in [0.2, 0.25) is 23.7 Å². The number of halogens is 5. The van der Waals surface area contributed by atoms with Crippen molar-refractivity contribution in [3.05, 3.63) is 136 Å². The van der Waals surface area contributed by atoms with Gasteiger partial charge < -0.3 is 9.64 Å². The summed E-state index contributed by atoms with van der Waals surface area (Å²) >= 11 is 0. The van der Waals surface area contributed by atoms with Crippen molar-refractivity contribution in [2.45, 2.75) is 133 Å². The van der Waals surface area contributed by atoms with Crippen molar-refractivity contribution in [2.24, 2.45) is 41.4 Å². The van der Waals surface area contributed by atoms with Crippen LogP contribution < -0.4 is 4.90 Å². The summed E-state index contributed by atoms with van der Waals surface area (Å²) < 4.78 is 81.4. The maximum atomic E-state index is 15.6. The lowest BCUT2D eigenvalue weighted by molar-refractivity contribution is -0.00471. The summed E-state index contributed by atoms with van der Waals surface area (Å²) in [6, 6.07) is 7.29. The molecule has 11 atom stereocenters. The van der Waals surface area contributed by atoms with Crippen LogP contribution in [0.15, 0.2) is 90.6 Å². The molecule has 2 aromatic carbocycles. The van der Waals surface area contributed by atoms with Gasteiger partial charge in [-0.15, -0.1) is 0 Å². The van der Waals surface area contributed by atoms with Gasteiger partial charge >= 0.3 is 0 Å². The second-order valence-corrected chi connectivity index (χ2v) is 25.7. The van der Waals surface area contributed by atoms with E-state index in [1.165, 1.54) is 42.9 Å². The highest BCUT2D eigenvalue weighted by Crippen LogP contribution is 2.70. The highest BCUT2D eigenvalue weighted by atomic mass is 28.3. The van der Waals surface area contributed by atoms with Crippen LogP contribution in [-0.2, 0) is 11.3 Å². The van der Waals surface area contributed by atoms with E-state index in [0.29, 0.717) is 29.2 Å². The Morgan fingerprint density at radius 3 is 2.00 bits per heavy atom. The maximum Gasteiger partial charge on any atom is 0.200 e. The fourth-order valence-corrected chi connectivity index (χ4v) is 20.7. The summed E-state index contributed by atoms with van der Waals surface area (Å²) in [6.45, 7) is 11.5. The van der Waals surface area contributed by atoms with Crippen LogP contribution in [0.25, 0.3) is 0 Å². The molecule has 2 nitrogen and oxygen atoms in total. The topological polar surface area (TPSA) is 12.5 Å². The van der Waals surface area contributed by atoms with Crippen LogP contribution in [0.4, 0.5) is 27.6 Å². The number of nitrogens with zero attached hydrogens (tertiary/aromatic N) is 1. The molecule has 0 saturated heterocycles. The Bertz CT molecular complexity index is 2150. The minimum absolute atomic E-state index is 0.0184. The average molecular weight is 854 g/mol. The lowest BCUT2D eigenvalue weighted by atomic mass is 9.80. The molecule has 9 rings (SSSR count). The van der Waals surface area contributed by atoms with Gasteiger partial charge in [0.2, 0.25) is 5.82 Å². The lowest BCUT2D eigenvalue weighted by Crippen LogP contribution is -2.48. The summed E-state index contributed by atoms with van der Waals surface area (Å²) in [5, 5.41) is 0. The van der Waals surface area contributed by atoms with Crippen molar-refractivity contribution in [3.8, 4) is 0 Å². The molecule has 1 aliphatic heterocycles. The number of aryl methyl sites for hydroxylation is 1. The number of fused-ring (bicyclic) bond motifs is 8. The number of anilines is 1. The van der Waals surface area contributed by atoms with Gasteiger partial charge in [-0.05, 0) is 98.8 Å². The molecule has 0 aromatic heterocycles. The van der Waals surface area contributed by atoms with Crippen molar-refractivity contribution in [2.75, 3.05) is 11.5 Å². The van der Waals surface area contributed by atoms with Crippen LogP contribution in [0.3, 0.4) is 0 Å². The fourth-order valence-electron chi connectivity index (χ4n) is 13.8. The zero-order valence-electron chi connectivity index (χ0n) is 36.7. The van der Waals surface area contributed by atoms with Gasteiger partial charge in [-0.3, -0.25) is 0 Å². The van der Waals surface area contributed by atoms with Gasteiger partial charge in [0.1, 0.15) is 0 Å². The SMILES string of the molecule is Cc1ccc2c(c1)C1C(C3C=CC=CC3C1[Si](C)(CCCCCCOC(C)(C)C)C1C3C=CC=CC3C3C=CC(CC4CCCC4)=CC31)N2Cc1c(F)c(F)c(F)c(F)c1F. The largest absolute Gasteiger partial charge is 0.376 e. The molecule has 61 heavy (non-hydrogen) atoms. The van der Waals surface area contributed by atoms with Crippen molar-refractivity contribution in [1.82, 2.24) is 0 Å². The van der Waals surface area contributed by atoms with E-state index in [4.69, 9.17) is 4.74 Å². The third-order valence-corrected chi connectivity index (χ3v) is 22.2. The molecular formula is C53H64F5NOSi. The van der Waals surface area contributed by atoms with Gasteiger partial charge in [-0.25, -0.2) is 22.0 Å². The van der Waals surface area contributed by atoms with Gasteiger partial charge in [0, 0.05) is 42.3 Å². The molecule has 11 unspecified atom stereocenters. The van der Waals surface area contributed by atoms with E-state index in [-0.39, 0.29) is 34.9 Å². The van der Waals surface area contributed by atoms with Crippen LogP contribution in [0.5, 0.6) is 0 Å². The smallest absolute Gasteiger partial charge is 0.200 e. The zero-order valence-corrected chi connectivity index (χ0v) is 37.7. The quantitative estimate of drug-likeness (QED) is 0.0654. The molecule has 0 amide bonds. The second-order valence-electron chi connectivity index (χ2n) is 20.9. The van der Waals surface area contributed by atoms with Crippen molar-refractivity contribution in [1.29, 1.82) is 0 Å². The molecule has 3 fully saturated rings. The number of hydrogen-bond donors (Lipinski definition) is 0. The Hall–Kier alpha value is -3.49. The van der Waals surface area contributed by atoms with Crippen LogP contribution >= 0.6 is 0 Å². The monoisotopic (exact) mass is 853 g/mol. The van der Waals surface area contributed by atoms with E-state index >= 15 is 8.78 Å². The molecule has 1 heterocycles. The summed E-state index contributed by atoms with van der Waals surface area (Å²) in [7, 11) is -2.45. The van der Waals surface area contributed by atoms with Gasteiger partial charge in [0.25, 0.3) is 0 Å². The van der Waals surface area contributed by atoms with E-state index in [0.717, 1.165) is 55.9 Å². The Labute approximate surface area is 361 Å². The normalized spacial score (nSPS) is 31.9. The van der Waals surface area contributed by atoms with E-state index in [1.807, 2.05) is 17.0 Å². The van der Waals surface area contributed by atoms with Gasteiger partial charge in [-0.2, -0.15) is 0 Å². The highest BCUT2D eigenvalue weighted by molar-refractivity contribution is 6.82. The molecular weight excluding hydrogens is 790 g/mol. The number of unbranched alkanes of at least 4 members (excludes halogenated alkanes) is 3. The minimum atomic E-state index is -2.45. The van der Waals surface area contributed by atoms with Gasteiger partial charge in [0.05, 0.1) is 13.7 Å². The third kappa shape index (κ3) is 7.72. The molecule has 0 spiro atoms. The van der Waals surface area contributed by atoms with Crippen molar-refractivity contribution < 1.29 is 26.7 Å². The van der Waals surface area contributed by atoms with E-state index in [1.54, 1.807) is 0 Å². The Balaban J connectivity index is 1.15. The second kappa shape index (κ2) is 16.9. The van der Waals surface area contributed by atoms with Gasteiger partial charge in [-0.1, -0.05) is 148 Å². The Kier molecular flexibility index (Phi) is 11.9. The first-order chi connectivity index (χ1) is 29.3. The molecule has 6 aliphatic carbocycles. The number of rotatable bonds is 13. The van der Waals surface area contributed by atoms with E-state index in [9.17, 15) is 13.2 Å². The molecule has 8 heteroatoms. The predicted octanol–water partition coefficient (Wildman–Crippen LogP) is 14.4. The van der Waals surface area contributed by atoms with Crippen LogP contribution in [0, 0.1) is 77.4 Å². The molecule has 7 aliphatic rings. The Morgan fingerprint density at radius 1 is 0.705 bits per heavy atom. The van der Waals surface area contributed by atoms with Gasteiger partial charge in [0.15, 0.2) is 23.3 Å². The summed E-state index contributed by atoms with van der Waals surface area (Å²) in [4.78, 5) is 2.02. The summed E-state index contributed by atoms with van der Waals surface area (Å²) in [5.74, 6) is -6.66. The third-order valence-electron chi connectivity index (χ3n) is 16.2. The fraction of sp³-hybridized carbons (Fsp3) is 0.547. The number of ether oxygens (including phenoxy) is 1. The zero-order chi connectivity index (χ0) is 42.8. The van der Waals surface area contributed by atoms with Crippen molar-refractivity contribution >= 4 is 13.8 Å². The highest BCUT2D eigenvalue weighted by Gasteiger charge is 2.66. The van der Waals surface area contributed by atoms with Crippen LogP contribution in [0.1, 0.15) is 101 Å². The molecule has 0 radical (unpaired) electrons. The van der Waals surface area contributed by atoms with E-state index in [2.05, 4.69) is 107 Å². The standard InChI is InChI=1S/C53H64F5NOSi/c1-32-22-25-43-41(28-32)44-50(59(43)31-42-45(54)47(56)49(58)48(57)46(42)55)37-19-11-13-21-39(37)52(44)61(5,27-15-7-6-14-26-60-53(2,3)4)51-38-20-12-10-18-35(38)36-24-23-34(30-40(36)51)29-33-16-8-9-17-33/h10-13,18-25,28,30,33,35-40,44,50-52H,6-9,14-17,26-27,29,31H2,1-5H3. The van der Waals surface area contributed by atoms with Crippen molar-refractivity contribution in [3.63, 3.8) is 0 Å². The molecule has 0 N–H and O–H groups in total. The first kappa shape index (κ1) is 42.8. The molecule has 3 saturated carbocycles. The summed E-state index contributed by atoms with van der Waals surface area (Å²) in [5.41, 5.74) is 4.48. The Morgan fingerprint density at radius 2 is 1.31 bits per heavy atom. The minimum Gasteiger partial charge on any atom is -0.376 e. The lowest BCUT2D eigenvalue weighted by Gasteiger charge is -2.48. The van der Waals surface area contributed by atoms with E-state index < -0.39 is 49.3 Å². The molecule has 0 bridgehead atoms. The number of hydrogen-bond acceptors (Lipinski definition) is 2. The number of allylic oxidation sites excluding steroid dienone is 11. The predicted molar refractivity (Wildman–Crippen MR) is 240 cm³/mol.